The summed E-state index contributed by atoms with van der Waals surface area (Å²) in [6, 6.07) is 13.0. The molecule has 0 saturated carbocycles. The van der Waals surface area contributed by atoms with Crippen molar-refractivity contribution in [1.29, 1.82) is 0 Å². The summed E-state index contributed by atoms with van der Waals surface area (Å²) in [5, 5.41) is 2.73. The van der Waals surface area contributed by atoms with Crippen LogP contribution in [0.25, 0.3) is 0 Å². The molecule has 1 aliphatic rings. The number of methoxy groups -OCH3 is 1. The number of benzene rings is 2. The number of hydrogen-bond acceptors (Lipinski definition) is 6. The van der Waals surface area contributed by atoms with Crippen LogP contribution in [0.5, 0.6) is 11.5 Å². The van der Waals surface area contributed by atoms with Crippen molar-refractivity contribution < 1.29 is 27.5 Å². The Hall–Kier alpha value is -3.07. The minimum absolute atomic E-state index is 0.206. The second-order valence-corrected chi connectivity index (χ2v) is 8.47. The quantitative estimate of drug-likeness (QED) is 0.688. The number of amides is 2. The summed E-state index contributed by atoms with van der Waals surface area (Å²) in [5.74, 6) is -0.171. The number of nitrogens with one attached hydrogen (secondary N) is 1. The Kier molecular flexibility index (Phi) is 6.07. The van der Waals surface area contributed by atoms with Gasteiger partial charge in [0.1, 0.15) is 18.1 Å². The lowest BCUT2D eigenvalue weighted by atomic mass is 10.1. The number of ether oxygens (including phenoxy) is 2. The van der Waals surface area contributed by atoms with Gasteiger partial charge in [0.15, 0.2) is 0 Å². The largest absolute Gasteiger partial charge is 0.497 e. The van der Waals surface area contributed by atoms with E-state index >= 15 is 0 Å². The molecule has 8 nitrogen and oxygen atoms in total. The van der Waals surface area contributed by atoms with E-state index in [0.717, 1.165) is 10.1 Å². The Labute approximate surface area is 169 Å². The zero-order chi connectivity index (χ0) is 21.0. The Morgan fingerprint density at radius 3 is 2.28 bits per heavy atom. The molecule has 154 valence electrons. The van der Waals surface area contributed by atoms with Crippen molar-refractivity contribution in [2.75, 3.05) is 30.3 Å². The molecule has 0 radical (unpaired) electrons. The highest BCUT2D eigenvalue weighted by atomic mass is 32.2. The van der Waals surface area contributed by atoms with Gasteiger partial charge in [-0.2, -0.15) is 0 Å². The summed E-state index contributed by atoms with van der Waals surface area (Å²) in [5.41, 5.74) is 0.592. The van der Waals surface area contributed by atoms with Gasteiger partial charge in [-0.25, -0.2) is 12.7 Å². The average molecular weight is 418 g/mol. The number of nitrogens with zero attached hydrogens (tertiary/aromatic N) is 1. The first kappa shape index (κ1) is 20.7. The molecule has 9 heteroatoms. The van der Waals surface area contributed by atoms with Gasteiger partial charge in [-0.3, -0.25) is 9.59 Å². The molecular weight excluding hydrogens is 396 g/mol. The highest BCUT2D eigenvalue weighted by Crippen LogP contribution is 2.28. The van der Waals surface area contributed by atoms with E-state index in [2.05, 4.69) is 5.32 Å². The van der Waals surface area contributed by atoms with Gasteiger partial charge in [0, 0.05) is 5.56 Å². The maximum absolute atomic E-state index is 12.2. The first-order valence-corrected chi connectivity index (χ1v) is 10.6. The number of sulfonamides is 1. The van der Waals surface area contributed by atoms with Crippen molar-refractivity contribution in [3.63, 3.8) is 0 Å². The van der Waals surface area contributed by atoms with Crippen molar-refractivity contribution in [3.05, 3.63) is 54.1 Å². The van der Waals surface area contributed by atoms with E-state index in [1.165, 1.54) is 24.3 Å². The molecule has 0 bridgehead atoms. The van der Waals surface area contributed by atoms with Crippen molar-refractivity contribution in [2.45, 2.75) is 6.92 Å². The molecule has 0 unspecified atom stereocenters. The fourth-order valence-corrected chi connectivity index (χ4v) is 4.76. The fraction of sp³-hybridized carbons (Fsp3) is 0.300. The van der Waals surface area contributed by atoms with Gasteiger partial charge in [-0.1, -0.05) is 6.92 Å². The second-order valence-electron chi connectivity index (χ2n) is 6.61. The number of rotatable bonds is 7. The molecule has 29 heavy (non-hydrogen) atoms. The fourth-order valence-electron chi connectivity index (χ4n) is 2.94. The van der Waals surface area contributed by atoms with E-state index in [1.54, 1.807) is 38.3 Å². The number of carbonyl (C=O) groups is 2. The van der Waals surface area contributed by atoms with Crippen molar-refractivity contribution in [2.24, 2.45) is 5.92 Å². The van der Waals surface area contributed by atoms with Crippen molar-refractivity contribution in [1.82, 2.24) is 5.32 Å². The van der Waals surface area contributed by atoms with E-state index in [1.807, 2.05) is 0 Å². The normalized spacial score (nSPS) is 17.8. The summed E-state index contributed by atoms with van der Waals surface area (Å²) in [6.07, 6.45) is 0. The number of carbonyl (C=O) groups excluding carboxylic acids is 2. The predicted molar refractivity (Wildman–Crippen MR) is 108 cm³/mol. The lowest BCUT2D eigenvalue weighted by Gasteiger charge is -2.15. The molecule has 1 N–H and O–H groups in total. The first-order valence-electron chi connectivity index (χ1n) is 9.04. The number of hydrogen-bond donors (Lipinski definition) is 1. The lowest BCUT2D eigenvalue weighted by Crippen LogP contribution is -2.30. The van der Waals surface area contributed by atoms with Gasteiger partial charge in [-0.05, 0) is 48.5 Å². The zero-order valence-electron chi connectivity index (χ0n) is 16.1. The van der Waals surface area contributed by atoms with Crippen LogP contribution < -0.4 is 19.1 Å². The third kappa shape index (κ3) is 4.68. The molecule has 1 fully saturated rings. The maximum Gasteiger partial charge on any atom is 0.251 e. The van der Waals surface area contributed by atoms with Crippen LogP contribution in [0.2, 0.25) is 0 Å². The SMILES string of the molecule is COc1ccc(OCCNC(=O)c2ccc(N3C(=O)[C@H](C)CS3(=O)=O)cc2)cc1. The van der Waals surface area contributed by atoms with E-state index in [9.17, 15) is 18.0 Å². The average Bonchev–Trinajstić information content (AvgIpc) is 2.92. The van der Waals surface area contributed by atoms with Crippen molar-refractivity contribution in [3.8, 4) is 11.5 Å². The minimum atomic E-state index is -3.66. The van der Waals surface area contributed by atoms with Gasteiger partial charge >= 0.3 is 0 Å². The smallest absolute Gasteiger partial charge is 0.251 e. The van der Waals surface area contributed by atoms with Gasteiger partial charge in [0.2, 0.25) is 15.9 Å². The monoisotopic (exact) mass is 418 g/mol. The van der Waals surface area contributed by atoms with Crippen molar-refractivity contribution >= 4 is 27.5 Å². The van der Waals surface area contributed by atoms with E-state index in [4.69, 9.17) is 9.47 Å². The Bertz CT molecular complexity index is 987. The summed E-state index contributed by atoms with van der Waals surface area (Å²) in [7, 11) is -2.08. The van der Waals surface area contributed by atoms with E-state index in [0.29, 0.717) is 17.9 Å². The van der Waals surface area contributed by atoms with Crippen LogP contribution in [0.1, 0.15) is 17.3 Å². The summed E-state index contributed by atoms with van der Waals surface area (Å²) in [4.78, 5) is 24.3. The van der Waals surface area contributed by atoms with Gasteiger partial charge in [0.25, 0.3) is 5.91 Å². The number of anilines is 1. The maximum atomic E-state index is 12.2. The Morgan fingerprint density at radius 2 is 1.72 bits per heavy atom. The molecule has 0 aromatic heterocycles. The molecule has 1 saturated heterocycles. The van der Waals surface area contributed by atoms with Gasteiger partial charge in [-0.15, -0.1) is 0 Å². The lowest BCUT2D eigenvalue weighted by molar-refractivity contribution is -0.119. The van der Waals surface area contributed by atoms with Gasteiger partial charge in [0.05, 0.1) is 31.0 Å². The van der Waals surface area contributed by atoms with Crippen LogP contribution in [-0.2, 0) is 14.8 Å². The first-order chi connectivity index (χ1) is 13.8. The second kappa shape index (κ2) is 8.52. The van der Waals surface area contributed by atoms with E-state index < -0.39 is 21.8 Å². The standard InChI is InChI=1S/C20H22N2O6S/c1-14-13-29(25,26)22(20(14)24)16-5-3-15(4-6-16)19(23)21-11-12-28-18-9-7-17(27-2)8-10-18/h3-10,14H,11-13H2,1-2H3,(H,21,23)/t14-/m1/s1. The van der Waals surface area contributed by atoms with Crippen LogP contribution in [0, 0.1) is 5.92 Å². The highest BCUT2D eigenvalue weighted by molar-refractivity contribution is 7.94. The van der Waals surface area contributed by atoms with Crippen LogP contribution in [0.15, 0.2) is 48.5 Å². The molecule has 1 atom stereocenters. The molecule has 2 aromatic carbocycles. The van der Waals surface area contributed by atoms with Crippen LogP contribution in [0.3, 0.4) is 0 Å². The summed E-state index contributed by atoms with van der Waals surface area (Å²) >= 11 is 0. The van der Waals surface area contributed by atoms with Gasteiger partial charge < -0.3 is 14.8 Å². The van der Waals surface area contributed by atoms with E-state index in [-0.39, 0.29) is 24.0 Å². The molecule has 1 aliphatic heterocycles. The molecular formula is C20H22N2O6S. The molecule has 2 aromatic rings. The molecule has 2 amide bonds. The molecule has 1 heterocycles. The summed E-state index contributed by atoms with van der Waals surface area (Å²) < 4.78 is 35.7. The third-order valence-electron chi connectivity index (χ3n) is 4.44. The van der Waals surface area contributed by atoms with Crippen LogP contribution in [0.4, 0.5) is 5.69 Å². The zero-order valence-corrected chi connectivity index (χ0v) is 16.9. The Morgan fingerprint density at radius 1 is 1.10 bits per heavy atom. The highest BCUT2D eigenvalue weighted by Gasteiger charge is 2.41. The molecule has 0 spiro atoms. The predicted octanol–water partition coefficient (Wildman–Crippen LogP) is 1.82. The topological polar surface area (TPSA) is 102 Å². The molecule has 3 rings (SSSR count). The summed E-state index contributed by atoms with van der Waals surface area (Å²) in [6.45, 7) is 2.16. The minimum Gasteiger partial charge on any atom is -0.497 e. The van der Waals surface area contributed by atoms with Crippen LogP contribution >= 0.6 is 0 Å². The Balaban J connectivity index is 1.53. The molecule has 0 aliphatic carbocycles. The third-order valence-corrected chi connectivity index (χ3v) is 6.31. The van der Waals surface area contributed by atoms with Crippen LogP contribution in [-0.4, -0.2) is 46.2 Å².